The van der Waals surface area contributed by atoms with Crippen LogP contribution in [0.4, 0.5) is 5.69 Å². The molecule has 2 N–H and O–H groups in total. The number of piperazine rings is 1. The lowest BCUT2D eigenvalue weighted by Gasteiger charge is -2.38. The van der Waals surface area contributed by atoms with Crippen LogP contribution in [0.25, 0.3) is 0 Å². The second-order valence-electron chi connectivity index (χ2n) is 4.59. The van der Waals surface area contributed by atoms with Gasteiger partial charge < -0.3 is 15.3 Å². The van der Waals surface area contributed by atoms with Gasteiger partial charge in [0.2, 0.25) is 5.91 Å². The van der Waals surface area contributed by atoms with Crippen LogP contribution in [-0.4, -0.2) is 35.6 Å². The fraction of sp³-hybridized carbons (Fsp3) is 0.385. The Bertz CT molecular complexity index is 489. The summed E-state index contributed by atoms with van der Waals surface area (Å²) in [6, 6.07) is 6.77. The van der Waals surface area contributed by atoms with E-state index < -0.39 is 12.0 Å². The standard InChI is InChI=1S/C13H15BrN2O3/c1-8-7-15-11(6-12(17)18)13(19)16(8)10-4-2-9(14)3-5-10/h2-5,8,11,15H,6-7H2,1H3,(H,17,18). The largest absolute Gasteiger partial charge is 0.481 e. The number of carboxylic acid groups (broad SMARTS) is 1. The molecule has 1 heterocycles. The Kier molecular flexibility index (Phi) is 4.21. The first-order valence-electron chi connectivity index (χ1n) is 6.03. The van der Waals surface area contributed by atoms with Crippen molar-refractivity contribution in [2.45, 2.75) is 25.4 Å². The minimum Gasteiger partial charge on any atom is -0.481 e. The molecule has 0 radical (unpaired) electrons. The number of hydrogen-bond donors (Lipinski definition) is 2. The van der Waals surface area contributed by atoms with Crippen LogP contribution >= 0.6 is 15.9 Å². The lowest BCUT2D eigenvalue weighted by atomic mass is 10.1. The summed E-state index contributed by atoms with van der Waals surface area (Å²) in [6.45, 7) is 2.52. The second-order valence-corrected chi connectivity index (χ2v) is 5.51. The highest BCUT2D eigenvalue weighted by atomic mass is 79.9. The van der Waals surface area contributed by atoms with E-state index in [-0.39, 0.29) is 18.4 Å². The molecule has 6 heteroatoms. The Hall–Kier alpha value is -1.40. The number of nitrogens with zero attached hydrogens (tertiary/aromatic N) is 1. The number of carbonyl (C=O) groups is 2. The van der Waals surface area contributed by atoms with Gasteiger partial charge in [-0.2, -0.15) is 0 Å². The van der Waals surface area contributed by atoms with E-state index in [2.05, 4.69) is 21.2 Å². The summed E-state index contributed by atoms with van der Waals surface area (Å²) < 4.78 is 0.938. The SMILES string of the molecule is CC1CNC(CC(=O)O)C(=O)N1c1ccc(Br)cc1. The molecule has 2 atom stereocenters. The Morgan fingerprint density at radius 3 is 2.68 bits per heavy atom. The summed E-state index contributed by atoms with van der Waals surface area (Å²) in [6.07, 6.45) is -0.196. The molecule has 102 valence electrons. The number of carbonyl (C=O) groups excluding carboxylic acids is 1. The predicted molar refractivity (Wildman–Crippen MR) is 75.1 cm³/mol. The number of carboxylic acids is 1. The lowest BCUT2D eigenvalue weighted by Crippen LogP contribution is -2.60. The highest BCUT2D eigenvalue weighted by molar-refractivity contribution is 9.10. The molecule has 0 aromatic heterocycles. The maximum atomic E-state index is 12.3. The average Bonchev–Trinajstić information content (AvgIpc) is 2.35. The molecule has 1 aromatic carbocycles. The van der Waals surface area contributed by atoms with Crippen LogP contribution in [0.1, 0.15) is 13.3 Å². The maximum Gasteiger partial charge on any atom is 0.305 e. The van der Waals surface area contributed by atoms with Gasteiger partial charge in [0.25, 0.3) is 0 Å². The third-order valence-corrected chi connectivity index (χ3v) is 3.65. The summed E-state index contributed by atoms with van der Waals surface area (Å²) in [4.78, 5) is 24.8. The molecule has 19 heavy (non-hydrogen) atoms. The number of nitrogens with one attached hydrogen (secondary N) is 1. The van der Waals surface area contributed by atoms with Gasteiger partial charge >= 0.3 is 5.97 Å². The molecule has 2 rings (SSSR count). The van der Waals surface area contributed by atoms with Gasteiger partial charge in [-0.15, -0.1) is 0 Å². The molecule has 0 saturated carbocycles. The summed E-state index contributed by atoms with van der Waals surface area (Å²) in [7, 11) is 0. The van der Waals surface area contributed by atoms with Gasteiger partial charge in [-0.25, -0.2) is 0 Å². The number of halogens is 1. The molecule has 1 aliphatic heterocycles. The van der Waals surface area contributed by atoms with E-state index >= 15 is 0 Å². The van der Waals surface area contributed by atoms with Crippen molar-refractivity contribution in [2.24, 2.45) is 0 Å². The zero-order valence-corrected chi connectivity index (χ0v) is 12.1. The Morgan fingerprint density at radius 1 is 1.47 bits per heavy atom. The first-order valence-corrected chi connectivity index (χ1v) is 6.82. The summed E-state index contributed by atoms with van der Waals surface area (Å²) >= 11 is 3.35. The van der Waals surface area contributed by atoms with Gasteiger partial charge in [0.15, 0.2) is 0 Å². The highest BCUT2D eigenvalue weighted by Gasteiger charge is 2.34. The second kappa shape index (κ2) is 5.71. The minimum absolute atomic E-state index is 0.00118. The van der Waals surface area contributed by atoms with Crippen molar-refractivity contribution in [1.82, 2.24) is 5.32 Å². The first-order chi connectivity index (χ1) is 8.99. The van der Waals surface area contributed by atoms with Crippen LogP contribution in [0.3, 0.4) is 0 Å². The molecule has 1 aliphatic rings. The van der Waals surface area contributed by atoms with E-state index in [9.17, 15) is 9.59 Å². The molecular weight excluding hydrogens is 312 g/mol. The molecule has 2 unspecified atom stereocenters. The number of benzene rings is 1. The van der Waals surface area contributed by atoms with E-state index in [1.165, 1.54) is 0 Å². The van der Waals surface area contributed by atoms with Gasteiger partial charge in [0.05, 0.1) is 12.5 Å². The molecule has 1 aromatic rings. The number of anilines is 1. The van der Waals surface area contributed by atoms with Crippen LogP contribution in [0.2, 0.25) is 0 Å². The van der Waals surface area contributed by atoms with E-state index in [0.29, 0.717) is 6.54 Å². The summed E-state index contributed by atoms with van der Waals surface area (Å²) in [5.41, 5.74) is 0.789. The molecule has 0 aliphatic carbocycles. The van der Waals surface area contributed by atoms with Crippen molar-refractivity contribution in [3.8, 4) is 0 Å². The number of amides is 1. The van der Waals surface area contributed by atoms with Crippen LogP contribution in [0, 0.1) is 0 Å². The summed E-state index contributed by atoms with van der Waals surface area (Å²) in [5.74, 6) is -1.17. The van der Waals surface area contributed by atoms with Gasteiger partial charge in [-0.1, -0.05) is 15.9 Å². The Balaban J connectivity index is 2.23. The third kappa shape index (κ3) is 3.13. The molecule has 5 nitrogen and oxygen atoms in total. The van der Waals surface area contributed by atoms with E-state index in [1.807, 2.05) is 31.2 Å². The molecule has 0 spiro atoms. The number of aliphatic carboxylic acids is 1. The van der Waals surface area contributed by atoms with E-state index in [4.69, 9.17) is 5.11 Å². The maximum absolute atomic E-state index is 12.3. The smallest absolute Gasteiger partial charge is 0.305 e. The normalized spacial score (nSPS) is 23.5. The van der Waals surface area contributed by atoms with Crippen LogP contribution < -0.4 is 10.2 Å². The van der Waals surface area contributed by atoms with Gasteiger partial charge in [0, 0.05) is 22.7 Å². The van der Waals surface area contributed by atoms with Crippen molar-refractivity contribution >= 4 is 33.5 Å². The van der Waals surface area contributed by atoms with Crippen LogP contribution in [0.5, 0.6) is 0 Å². The Morgan fingerprint density at radius 2 is 2.11 bits per heavy atom. The lowest BCUT2D eigenvalue weighted by molar-refractivity contribution is -0.140. The van der Waals surface area contributed by atoms with Gasteiger partial charge in [-0.05, 0) is 31.2 Å². The van der Waals surface area contributed by atoms with Crippen molar-refractivity contribution in [1.29, 1.82) is 0 Å². The number of hydrogen-bond acceptors (Lipinski definition) is 3. The van der Waals surface area contributed by atoms with Gasteiger partial charge in [-0.3, -0.25) is 9.59 Å². The fourth-order valence-corrected chi connectivity index (χ4v) is 2.46. The van der Waals surface area contributed by atoms with Gasteiger partial charge in [0.1, 0.15) is 0 Å². The quantitative estimate of drug-likeness (QED) is 0.885. The Labute approximate surface area is 119 Å². The van der Waals surface area contributed by atoms with Crippen molar-refractivity contribution in [3.05, 3.63) is 28.7 Å². The van der Waals surface area contributed by atoms with Crippen LogP contribution in [-0.2, 0) is 9.59 Å². The topological polar surface area (TPSA) is 69.6 Å². The zero-order valence-electron chi connectivity index (χ0n) is 10.5. The summed E-state index contributed by atoms with van der Waals surface area (Å²) in [5, 5.41) is 11.8. The molecule has 1 amide bonds. The van der Waals surface area contributed by atoms with E-state index in [0.717, 1.165) is 10.2 Å². The molecular formula is C13H15BrN2O3. The van der Waals surface area contributed by atoms with Crippen LogP contribution in [0.15, 0.2) is 28.7 Å². The third-order valence-electron chi connectivity index (χ3n) is 3.12. The van der Waals surface area contributed by atoms with Crippen molar-refractivity contribution in [2.75, 3.05) is 11.4 Å². The molecule has 1 saturated heterocycles. The first kappa shape index (κ1) is 14.0. The number of rotatable bonds is 3. The average molecular weight is 327 g/mol. The fourth-order valence-electron chi connectivity index (χ4n) is 2.19. The molecule has 0 bridgehead atoms. The van der Waals surface area contributed by atoms with Crippen molar-refractivity contribution in [3.63, 3.8) is 0 Å². The predicted octanol–water partition coefficient (Wildman–Crippen LogP) is 1.62. The monoisotopic (exact) mass is 326 g/mol. The molecule has 1 fully saturated rings. The minimum atomic E-state index is -0.976. The highest BCUT2D eigenvalue weighted by Crippen LogP contribution is 2.23. The van der Waals surface area contributed by atoms with E-state index in [1.54, 1.807) is 4.90 Å². The van der Waals surface area contributed by atoms with Crippen molar-refractivity contribution < 1.29 is 14.7 Å². The zero-order chi connectivity index (χ0) is 14.0.